The van der Waals surface area contributed by atoms with Crippen LogP contribution in [0, 0.1) is 13.8 Å². The van der Waals surface area contributed by atoms with Crippen molar-refractivity contribution in [1.82, 2.24) is 4.90 Å². The summed E-state index contributed by atoms with van der Waals surface area (Å²) in [7, 11) is 3.75. The lowest BCUT2D eigenvalue weighted by Gasteiger charge is -2.29. The standard InChI is InChI=1S/C25H34N2O2/c1-9-27(7)17-26-23-13-20(5)24(14-19(23)4)29-22-12-10-11-21(15-22)25(6,28-8)16-18(2)3/h10-15,17H,2,9,16H2,1,3-8H3. The first kappa shape index (κ1) is 22.7. The van der Waals surface area contributed by atoms with E-state index in [0.29, 0.717) is 0 Å². The number of hydrogen-bond acceptors (Lipinski definition) is 3. The van der Waals surface area contributed by atoms with Crippen LogP contribution >= 0.6 is 0 Å². The number of nitrogens with zero attached hydrogens (tertiary/aromatic N) is 2. The van der Waals surface area contributed by atoms with Crippen LogP contribution in [0.5, 0.6) is 11.5 Å². The fourth-order valence-corrected chi connectivity index (χ4v) is 3.15. The second-order valence-corrected chi connectivity index (χ2v) is 7.92. The molecule has 0 aliphatic heterocycles. The molecule has 0 bridgehead atoms. The molecule has 1 atom stereocenters. The molecule has 0 spiro atoms. The molecule has 4 heteroatoms. The molecule has 156 valence electrons. The van der Waals surface area contributed by atoms with Gasteiger partial charge in [0.1, 0.15) is 11.5 Å². The quantitative estimate of drug-likeness (QED) is 0.275. The topological polar surface area (TPSA) is 34.1 Å². The highest BCUT2D eigenvalue weighted by atomic mass is 16.5. The van der Waals surface area contributed by atoms with Crippen molar-refractivity contribution in [1.29, 1.82) is 0 Å². The van der Waals surface area contributed by atoms with E-state index in [9.17, 15) is 0 Å². The predicted octanol–water partition coefficient (Wildman–Crippen LogP) is 6.54. The van der Waals surface area contributed by atoms with E-state index in [2.05, 4.69) is 44.5 Å². The summed E-state index contributed by atoms with van der Waals surface area (Å²) in [6, 6.07) is 12.2. The lowest BCUT2D eigenvalue weighted by molar-refractivity contribution is 0.00226. The molecule has 0 fully saturated rings. The summed E-state index contributed by atoms with van der Waals surface area (Å²) in [6.45, 7) is 15.3. The minimum absolute atomic E-state index is 0.431. The van der Waals surface area contributed by atoms with Crippen LogP contribution in [0.15, 0.2) is 53.5 Å². The molecule has 2 aromatic carbocycles. The number of aryl methyl sites for hydroxylation is 2. The summed E-state index contributed by atoms with van der Waals surface area (Å²) in [5.41, 5.74) is 4.79. The van der Waals surface area contributed by atoms with Gasteiger partial charge in [-0.05, 0) is 75.6 Å². The second-order valence-electron chi connectivity index (χ2n) is 7.92. The van der Waals surface area contributed by atoms with Crippen molar-refractivity contribution in [2.75, 3.05) is 20.7 Å². The Bertz CT molecular complexity index is 888. The van der Waals surface area contributed by atoms with Crippen molar-refractivity contribution in [3.05, 3.63) is 65.2 Å². The van der Waals surface area contributed by atoms with Crippen molar-refractivity contribution in [2.24, 2.45) is 4.99 Å². The molecule has 0 radical (unpaired) electrons. The lowest BCUT2D eigenvalue weighted by Crippen LogP contribution is -2.24. The molecule has 0 aliphatic rings. The molecule has 0 aliphatic carbocycles. The third-order valence-electron chi connectivity index (χ3n) is 5.15. The lowest BCUT2D eigenvalue weighted by atomic mass is 9.89. The van der Waals surface area contributed by atoms with E-state index in [4.69, 9.17) is 9.47 Å². The smallest absolute Gasteiger partial charge is 0.130 e. The van der Waals surface area contributed by atoms with Crippen LogP contribution in [0.3, 0.4) is 0 Å². The summed E-state index contributed by atoms with van der Waals surface area (Å²) >= 11 is 0. The number of hydrogen-bond donors (Lipinski definition) is 0. The fourth-order valence-electron chi connectivity index (χ4n) is 3.15. The molecule has 1 unspecified atom stereocenters. The number of rotatable bonds is 9. The Morgan fingerprint density at radius 1 is 1.21 bits per heavy atom. The van der Waals surface area contributed by atoms with Crippen molar-refractivity contribution >= 4 is 12.0 Å². The molecule has 0 aromatic heterocycles. The Morgan fingerprint density at radius 3 is 2.55 bits per heavy atom. The molecule has 4 nitrogen and oxygen atoms in total. The molecule has 0 amide bonds. The average molecular weight is 395 g/mol. The Morgan fingerprint density at radius 2 is 1.93 bits per heavy atom. The van der Waals surface area contributed by atoms with Crippen LogP contribution in [0.1, 0.15) is 43.9 Å². The Hall–Kier alpha value is -2.59. The van der Waals surface area contributed by atoms with Crippen LogP contribution in [0.4, 0.5) is 5.69 Å². The van der Waals surface area contributed by atoms with E-state index in [1.165, 1.54) is 0 Å². The predicted molar refractivity (Wildman–Crippen MR) is 123 cm³/mol. The first-order valence-electron chi connectivity index (χ1n) is 10.0. The summed E-state index contributed by atoms with van der Waals surface area (Å²) in [5.74, 6) is 1.62. The van der Waals surface area contributed by atoms with Gasteiger partial charge in [-0.2, -0.15) is 0 Å². The molecular weight excluding hydrogens is 360 g/mol. The highest BCUT2D eigenvalue weighted by Gasteiger charge is 2.26. The van der Waals surface area contributed by atoms with Crippen LogP contribution in [-0.4, -0.2) is 31.9 Å². The van der Waals surface area contributed by atoms with Crippen LogP contribution < -0.4 is 4.74 Å². The van der Waals surface area contributed by atoms with Gasteiger partial charge in [0.15, 0.2) is 0 Å². The van der Waals surface area contributed by atoms with E-state index < -0.39 is 5.60 Å². The second kappa shape index (κ2) is 9.75. The molecule has 0 heterocycles. The number of methoxy groups -OCH3 is 1. The largest absolute Gasteiger partial charge is 0.457 e. The summed E-state index contributed by atoms with van der Waals surface area (Å²) in [4.78, 5) is 6.64. The normalized spacial score (nSPS) is 13.3. The van der Waals surface area contributed by atoms with E-state index in [0.717, 1.165) is 52.4 Å². The van der Waals surface area contributed by atoms with E-state index in [1.807, 2.05) is 56.4 Å². The van der Waals surface area contributed by atoms with Crippen LogP contribution in [0.2, 0.25) is 0 Å². The zero-order valence-corrected chi connectivity index (χ0v) is 18.9. The van der Waals surface area contributed by atoms with Gasteiger partial charge in [0, 0.05) is 27.1 Å². The van der Waals surface area contributed by atoms with Gasteiger partial charge in [0.05, 0.1) is 17.6 Å². The van der Waals surface area contributed by atoms with Crippen molar-refractivity contribution in [3.8, 4) is 11.5 Å². The summed E-state index contributed by atoms with van der Waals surface area (Å²) < 4.78 is 12.1. The zero-order valence-electron chi connectivity index (χ0n) is 18.9. The minimum atomic E-state index is -0.431. The van der Waals surface area contributed by atoms with Crippen molar-refractivity contribution in [2.45, 2.75) is 46.6 Å². The SMILES string of the molecule is C=C(C)CC(C)(OC)c1cccc(Oc2cc(C)c(N=CN(C)CC)cc2C)c1. The average Bonchev–Trinajstić information content (AvgIpc) is 2.68. The zero-order chi connectivity index (χ0) is 21.6. The van der Waals surface area contributed by atoms with Gasteiger partial charge in [-0.15, -0.1) is 6.58 Å². The first-order valence-corrected chi connectivity index (χ1v) is 10.0. The Balaban J connectivity index is 2.29. The van der Waals surface area contributed by atoms with Gasteiger partial charge in [0.2, 0.25) is 0 Å². The highest BCUT2D eigenvalue weighted by molar-refractivity contribution is 5.64. The maximum Gasteiger partial charge on any atom is 0.130 e. The van der Waals surface area contributed by atoms with Crippen LogP contribution in [0.25, 0.3) is 0 Å². The summed E-state index contributed by atoms with van der Waals surface area (Å²) in [6.07, 6.45) is 2.61. The van der Waals surface area contributed by atoms with Crippen molar-refractivity contribution in [3.63, 3.8) is 0 Å². The van der Waals surface area contributed by atoms with Crippen molar-refractivity contribution < 1.29 is 9.47 Å². The van der Waals surface area contributed by atoms with Gasteiger partial charge in [-0.3, -0.25) is 0 Å². The molecule has 0 saturated heterocycles. The van der Waals surface area contributed by atoms with Gasteiger partial charge in [-0.1, -0.05) is 17.7 Å². The van der Waals surface area contributed by atoms with E-state index >= 15 is 0 Å². The molecule has 2 rings (SSSR count). The Kier molecular flexibility index (Phi) is 7.63. The van der Waals surface area contributed by atoms with Gasteiger partial charge in [0.25, 0.3) is 0 Å². The molecular formula is C25H34N2O2. The fraction of sp³-hybridized carbons (Fsp3) is 0.400. The molecule has 29 heavy (non-hydrogen) atoms. The third kappa shape index (κ3) is 5.94. The number of ether oxygens (including phenoxy) is 2. The van der Waals surface area contributed by atoms with Gasteiger partial charge in [-0.25, -0.2) is 4.99 Å². The van der Waals surface area contributed by atoms with E-state index in [1.54, 1.807) is 7.11 Å². The van der Waals surface area contributed by atoms with Gasteiger partial charge < -0.3 is 14.4 Å². The Labute approximate surface area is 175 Å². The van der Waals surface area contributed by atoms with Crippen LogP contribution in [-0.2, 0) is 10.3 Å². The first-order chi connectivity index (χ1) is 13.7. The monoisotopic (exact) mass is 394 g/mol. The minimum Gasteiger partial charge on any atom is -0.457 e. The molecule has 0 N–H and O–H groups in total. The highest BCUT2D eigenvalue weighted by Crippen LogP contribution is 2.36. The third-order valence-corrected chi connectivity index (χ3v) is 5.15. The van der Waals surface area contributed by atoms with E-state index in [-0.39, 0.29) is 0 Å². The molecule has 0 saturated carbocycles. The number of benzene rings is 2. The maximum absolute atomic E-state index is 6.24. The summed E-state index contributed by atoms with van der Waals surface area (Å²) in [5, 5.41) is 0. The molecule has 2 aromatic rings. The maximum atomic E-state index is 6.24. The number of aliphatic imine (C=N–C) groups is 1. The van der Waals surface area contributed by atoms with Gasteiger partial charge >= 0.3 is 0 Å².